The number of nitrogens with one attached hydrogen (secondary N) is 2. The predicted octanol–water partition coefficient (Wildman–Crippen LogP) is 3.30. The van der Waals surface area contributed by atoms with Gasteiger partial charge in [0.15, 0.2) is 5.96 Å². The Kier molecular flexibility index (Phi) is 8.51. The van der Waals surface area contributed by atoms with Crippen LogP contribution in [0.5, 0.6) is 0 Å². The van der Waals surface area contributed by atoms with Crippen LogP contribution in [-0.4, -0.2) is 49.1 Å². The molecule has 2 amide bonds. The number of hydrogen-bond acceptors (Lipinski definition) is 4. The fourth-order valence-corrected chi connectivity index (χ4v) is 3.83. The molecule has 1 heterocycles. The minimum atomic E-state index is -0.241. The first kappa shape index (κ1) is 23.2. The van der Waals surface area contributed by atoms with E-state index in [1.165, 1.54) is 20.9 Å². The largest absolute Gasteiger partial charge is 0.355 e. The predicted molar refractivity (Wildman–Crippen MR) is 128 cm³/mol. The summed E-state index contributed by atoms with van der Waals surface area (Å²) in [5.41, 5.74) is 3.37. The Labute approximate surface area is 192 Å². The highest BCUT2D eigenvalue weighted by Crippen LogP contribution is 2.22. The summed E-state index contributed by atoms with van der Waals surface area (Å²) in [6, 6.07) is 13.3. The molecule has 0 saturated heterocycles. The third kappa shape index (κ3) is 5.30. The molecular weight excluding hydrogens is 499 g/mol. The minimum absolute atomic E-state index is 0. The van der Waals surface area contributed by atoms with Gasteiger partial charge in [0, 0.05) is 31.6 Å². The number of nitrogens with zero attached hydrogens (tertiary/aromatic N) is 2. The van der Waals surface area contributed by atoms with Crippen molar-refractivity contribution in [2.45, 2.75) is 18.4 Å². The average Bonchev–Trinajstić information content (AvgIpc) is 2.96. The highest BCUT2D eigenvalue weighted by molar-refractivity contribution is 14.0. The average molecular weight is 524 g/mol. The van der Waals surface area contributed by atoms with Gasteiger partial charge in [0.25, 0.3) is 11.8 Å². The molecule has 0 bridgehead atoms. The Morgan fingerprint density at radius 1 is 1.07 bits per heavy atom. The molecule has 6 nitrogen and oxygen atoms in total. The second-order valence-electron chi connectivity index (χ2n) is 6.48. The Morgan fingerprint density at radius 3 is 2.31 bits per heavy atom. The molecule has 0 aromatic heterocycles. The zero-order chi connectivity index (χ0) is 20.1. The SMILES string of the molecule is CN=C(NCCN1C(=O)c2ccccc2C1=O)NCc1ccc(C)cc1SC.I. The van der Waals surface area contributed by atoms with E-state index in [-0.39, 0.29) is 42.3 Å². The lowest BCUT2D eigenvalue weighted by atomic mass is 10.1. The minimum Gasteiger partial charge on any atom is -0.355 e. The number of amides is 2. The second kappa shape index (κ2) is 10.6. The van der Waals surface area contributed by atoms with Gasteiger partial charge in [-0.05, 0) is 42.5 Å². The van der Waals surface area contributed by atoms with Crippen molar-refractivity contribution in [1.29, 1.82) is 0 Å². The Hall–Kier alpha value is -2.07. The number of imide groups is 1. The van der Waals surface area contributed by atoms with Crippen LogP contribution >= 0.6 is 35.7 Å². The maximum atomic E-state index is 12.4. The standard InChI is InChI=1S/C21H24N4O2S.HI/c1-14-8-9-15(18(12-14)28-3)13-24-21(22-2)23-10-11-25-19(26)16-6-4-5-7-17(16)20(25)27;/h4-9,12H,10-11,13H2,1-3H3,(H2,22,23,24);1H. The quantitative estimate of drug-likeness (QED) is 0.200. The van der Waals surface area contributed by atoms with Crippen LogP contribution in [0, 0.1) is 6.92 Å². The van der Waals surface area contributed by atoms with Crippen LogP contribution in [0.25, 0.3) is 0 Å². The molecule has 2 aromatic rings. The van der Waals surface area contributed by atoms with Gasteiger partial charge in [0.05, 0.1) is 11.1 Å². The van der Waals surface area contributed by atoms with Crippen molar-refractivity contribution in [2.24, 2.45) is 4.99 Å². The molecule has 0 atom stereocenters. The molecule has 0 unspecified atom stereocenters. The number of thioether (sulfide) groups is 1. The summed E-state index contributed by atoms with van der Waals surface area (Å²) in [5.74, 6) is 0.147. The first-order chi connectivity index (χ1) is 13.5. The molecule has 0 aliphatic carbocycles. The van der Waals surface area contributed by atoms with Crippen LogP contribution in [0.1, 0.15) is 31.8 Å². The number of rotatable bonds is 6. The molecule has 1 aliphatic rings. The normalized spacial score (nSPS) is 13.2. The number of guanidine groups is 1. The number of aryl methyl sites for hydroxylation is 1. The van der Waals surface area contributed by atoms with Gasteiger partial charge in [-0.2, -0.15) is 0 Å². The van der Waals surface area contributed by atoms with E-state index >= 15 is 0 Å². The maximum absolute atomic E-state index is 12.4. The van der Waals surface area contributed by atoms with Crippen molar-refractivity contribution in [3.05, 3.63) is 64.7 Å². The van der Waals surface area contributed by atoms with Crippen LogP contribution in [-0.2, 0) is 6.54 Å². The zero-order valence-electron chi connectivity index (χ0n) is 16.7. The van der Waals surface area contributed by atoms with Crippen LogP contribution in [0.3, 0.4) is 0 Å². The van der Waals surface area contributed by atoms with Gasteiger partial charge < -0.3 is 10.6 Å². The summed E-state index contributed by atoms with van der Waals surface area (Å²) in [6.45, 7) is 3.43. The number of benzene rings is 2. The van der Waals surface area contributed by atoms with Gasteiger partial charge in [-0.3, -0.25) is 19.5 Å². The van der Waals surface area contributed by atoms with E-state index in [2.05, 4.69) is 47.0 Å². The van der Waals surface area contributed by atoms with Gasteiger partial charge in [-0.1, -0.05) is 24.3 Å². The number of hydrogen-bond donors (Lipinski definition) is 2. The molecule has 2 N–H and O–H groups in total. The van der Waals surface area contributed by atoms with E-state index in [1.807, 2.05) is 0 Å². The monoisotopic (exact) mass is 524 g/mol. The molecule has 0 radical (unpaired) electrons. The van der Waals surface area contributed by atoms with Crippen LogP contribution in [0.2, 0.25) is 0 Å². The van der Waals surface area contributed by atoms with Crippen molar-refractivity contribution in [1.82, 2.24) is 15.5 Å². The topological polar surface area (TPSA) is 73.8 Å². The summed E-state index contributed by atoms with van der Waals surface area (Å²) in [6.07, 6.45) is 2.06. The van der Waals surface area contributed by atoms with Gasteiger partial charge in [0.2, 0.25) is 0 Å². The number of carbonyl (C=O) groups is 2. The van der Waals surface area contributed by atoms with Crippen molar-refractivity contribution < 1.29 is 9.59 Å². The fraction of sp³-hybridized carbons (Fsp3) is 0.286. The molecule has 1 aliphatic heterocycles. The molecule has 0 spiro atoms. The van der Waals surface area contributed by atoms with Gasteiger partial charge in [-0.15, -0.1) is 35.7 Å². The number of aliphatic imine (C=N–C) groups is 1. The highest BCUT2D eigenvalue weighted by Gasteiger charge is 2.34. The van der Waals surface area contributed by atoms with E-state index in [1.54, 1.807) is 43.1 Å². The second-order valence-corrected chi connectivity index (χ2v) is 7.32. The lowest BCUT2D eigenvalue weighted by molar-refractivity contribution is 0.0657. The van der Waals surface area contributed by atoms with Crippen LogP contribution in [0.15, 0.2) is 52.4 Å². The summed E-state index contributed by atoms with van der Waals surface area (Å²) < 4.78 is 0. The molecule has 154 valence electrons. The third-order valence-corrected chi connectivity index (χ3v) is 5.44. The molecule has 2 aromatic carbocycles. The lowest BCUT2D eigenvalue weighted by Gasteiger charge is -2.17. The lowest BCUT2D eigenvalue weighted by Crippen LogP contribution is -2.42. The van der Waals surface area contributed by atoms with E-state index in [9.17, 15) is 9.59 Å². The van der Waals surface area contributed by atoms with Gasteiger partial charge >= 0.3 is 0 Å². The smallest absolute Gasteiger partial charge is 0.261 e. The molecule has 0 saturated carbocycles. The summed E-state index contributed by atoms with van der Waals surface area (Å²) >= 11 is 1.72. The summed E-state index contributed by atoms with van der Waals surface area (Å²) in [7, 11) is 1.70. The van der Waals surface area contributed by atoms with E-state index in [0.29, 0.717) is 30.2 Å². The molecular formula is C21H25IN4O2S. The Morgan fingerprint density at radius 2 is 1.72 bits per heavy atom. The van der Waals surface area contributed by atoms with Crippen molar-refractivity contribution in [2.75, 3.05) is 26.4 Å². The first-order valence-electron chi connectivity index (χ1n) is 9.08. The molecule has 29 heavy (non-hydrogen) atoms. The fourth-order valence-electron chi connectivity index (χ4n) is 3.13. The maximum Gasteiger partial charge on any atom is 0.261 e. The Bertz CT molecular complexity index is 898. The van der Waals surface area contributed by atoms with Crippen molar-refractivity contribution in [3.63, 3.8) is 0 Å². The number of halogens is 1. The molecule has 3 rings (SSSR count). The van der Waals surface area contributed by atoms with E-state index < -0.39 is 0 Å². The van der Waals surface area contributed by atoms with E-state index in [0.717, 1.165) is 0 Å². The highest BCUT2D eigenvalue weighted by atomic mass is 127. The summed E-state index contributed by atoms with van der Waals surface area (Å²) in [5, 5.41) is 6.45. The van der Waals surface area contributed by atoms with Gasteiger partial charge in [0.1, 0.15) is 0 Å². The summed E-state index contributed by atoms with van der Waals surface area (Å²) in [4.78, 5) is 31.5. The van der Waals surface area contributed by atoms with Crippen LogP contribution < -0.4 is 10.6 Å². The van der Waals surface area contributed by atoms with Crippen molar-refractivity contribution >= 4 is 53.5 Å². The third-order valence-electron chi connectivity index (χ3n) is 4.62. The number of fused-ring (bicyclic) bond motifs is 1. The number of carbonyl (C=O) groups excluding carboxylic acids is 2. The molecule has 0 fully saturated rings. The first-order valence-corrected chi connectivity index (χ1v) is 10.3. The van der Waals surface area contributed by atoms with Crippen molar-refractivity contribution in [3.8, 4) is 0 Å². The zero-order valence-corrected chi connectivity index (χ0v) is 19.8. The Balaban J connectivity index is 0.00000300. The van der Waals surface area contributed by atoms with E-state index in [4.69, 9.17) is 0 Å². The van der Waals surface area contributed by atoms with Gasteiger partial charge in [-0.25, -0.2) is 0 Å². The molecule has 8 heteroatoms. The van der Waals surface area contributed by atoms with Crippen LogP contribution in [0.4, 0.5) is 0 Å².